The van der Waals surface area contributed by atoms with Gasteiger partial charge in [0.2, 0.25) is 0 Å². The lowest BCUT2D eigenvalue weighted by molar-refractivity contribution is 0.0709. The van der Waals surface area contributed by atoms with Gasteiger partial charge in [0.05, 0.1) is 17.7 Å². The van der Waals surface area contributed by atoms with E-state index in [1.807, 2.05) is 6.07 Å². The molecule has 2 aromatic rings. The molecule has 1 aromatic heterocycles. The largest absolute Gasteiger partial charge is 0.391 e. The summed E-state index contributed by atoms with van der Waals surface area (Å²) in [5.74, 6) is -2.41. The number of hydrogen-bond donors (Lipinski definition) is 1. The molecular formula is C17H13F2N3O2. The van der Waals surface area contributed by atoms with Crippen molar-refractivity contribution in [3.63, 3.8) is 0 Å². The lowest BCUT2D eigenvalue weighted by Gasteiger charge is -2.24. The van der Waals surface area contributed by atoms with Gasteiger partial charge < -0.3 is 10.0 Å². The van der Waals surface area contributed by atoms with Crippen LogP contribution in [-0.4, -0.2) is 33.5 Å². The van der Waals surface area contributed by atoms with Crippen molar-refractivity contribution in [3.05, 3.63) is 65.0 Å². The van der Waals surface area contributed by atoms with Crippen LogP contribution in [0.2, 0.25) is 0 Å². The highest BCUT2D eigenvalue weighted by Crippen LogP contribution is 2.33. The van der Waals surface area contributed by atoms with E-state index in [-0.39, 0.29) is 18.7 Å². The molecule has 2 atom stereocenters. The Morgan fingerprint density at radius 3 is 2.71 bits per heavy atom. The van der Waals surface area contributed by atoms with E-state index in [1.165, 1.54) is 29.3 Å². The van der Waals surface area contributed by atoms with E-state index in [9.17, 15) is 18.7 Å². The van der Waals surface area contributed by atoms with E-state index in [4.69, 9.17) is 5.26 Å². The first-order valence-electron chi connectivity index (χ1n) is 7.29. The number of carbonyl (C=O) groups is 1. The van der Waals surface area contributed by atoms with Gasteiger partial charge in [0.1, 0.15) is 11.8 Å². The van der Waals surface area contributed by atoms with E-state index in [0.29, 0.717) is 11.1 Å². The monoisotopic (exact) mass is 329 g/mol. The van der Waals surface area contributed by atoms with Crippen LogP contribution in [0.5, 0.6) is 0 Å². The van der Waals surface area contributed by atoms with E-state index in [1.54, 1.807) is 0 Å². The Labute approximate surface area is 136 Å². The van der Waals surface area contributed by atoms with E-state index < -0.39 is 29.7 Å². The topological polar surface area (TPSA) is 77.2 Å². The zero-order chi connectivity index (χ0) is 17.3. The minimum Gasteiger partial charge on any atom is -0.391 e. The molecule has 1 amide bonds. The number of β-amino-alcohol motifs (C(OH)–C–C–N with tert-alkyl or cyclic N) is 1. The first-order valence-corrected chi connectivity index (χ1v) is 7.29. The summed E-state index contributed by atoms with van der Waals surface area (Å²) < 4.78 is 26.6. The maximum Gasteiger partial charge on any atom is 0.273 e. The lowest BCUT2D eigenvalue weighted by Crippen LogP contribution is -2.32. The third-order valence-electron chi connectivity index (χ3n) is 3.98. The highest BCUT2D eigenvalue weighted by Gasteiger charge is 2.36. The summed E-state index contributed by atoms with van der Waals surface area (Å²) in [6.45, 7) is 0.0736. The second-order valence-electron chi connectivity index (χ2n) is 5.58. The van der Waals surface area contributed by atoms with Gasteiger partial charge in [-0.15, -0.1) is 0 Å². The van der Waals surface area contributed by atoms with Gasteiger partial charge in [-0.05, 0) is 36.2 Å². The zero-order valence-electron chi connectivity index (χ0n) is 12.5. The summed E-state index contributed by atoms with van der Waals surface area (Å²) in [4.78, 5) is 18.0. The van der Waals surface area contributed by atoms with Gasteiger partial charge in [0, 0.05) is 12.7 Å². The van der Waals surface area contributed by atoms with Crippen LogP contribution in [0.1, 0.15) is 34.1 Å². The molecule has 5 nitrogen and oxygen atoms in total. The predicted molar refractivity (Wildman–Crippen MR) is 79.7 cm³/mol. The molecule has 0 spiro atoms. The molecular weight excluding hydrogens is 316 g/mol. The minimum atomic E-state index is -1.00. The molecule has 0 aliphatic carbocycles. The molecule has 1 aliphatic rings. The van der Waals surface area contributed by atoms with Crippen LogP contribution in [-0.2, 0) is 0 Å². The predicted octanol–water partition coefficient (Wildman–Crippen LogP) is 2.18. The van der Waals surface area contributed by atoms with Crippen molar-refractivity contribution in [2.24, 2.45) is 0 Å². The Kier molecular flexibility index (Phi) is 4.23. The number of amides is 1. The standard InChI is InChI=1S/C17H13F2N3O2/c18-13-3-2-11(5-14(13)19)16-6-12(23)9-22(16)17(24)15-4-1-10(7-20)8-21-15/h1-5,8,12,16,23H,6,9H2/t12-,16+/m0/s1. The summed E-state index contributed by atoms with van der Waals surface area (Å²) in [7, 11) is 0. The minimum absolute atomic E-state index is 0.0736. The average molecular weight is 329 g/mol. The summed E-state index contributed by atoms with van der Waals surface area (Å²) in [5.41, 5.74) is 0.855. The van der Waals surface area contributed by atoms with Crippen molar-refractivity contribution in [2.45, 2.75) is 18.6 Å². The number of aromatic nitrogens is 1. The van der Waals surface area contributed by atoms with Crippen LogP contribution in [0.3, 0.4) is 0 Å². The summed E-state index contributed by atoms with van der Waals surface area (Å²) in [6.07, 6.45) is 0.754. The lowest BCUT2D eigenvalue weighted by atomic mass is 10.0. The molecule has 0 saturated carbocycles. The summed E-state index contributed by atoms with van der Waals surface area (Å²) >= 11 is 0. The Hall–Kier alpha value is -2.85. The molecule has 1 aromatic carbocycles. The van der Waals surface area contributed by atoms with Crippen molar-refractivity contribution < 1.29 is 18.7 Å². The molecule has 1 aliphatic heterocycles. The number of nitriles is 1. The van der Waals surface area contributed by atoms with Gasteiger partial charge >= 0.3 is 0 Å². The average Bonchev–Trinajstić information content (AvgIpc) is 2.98. The van der Waals surface area contributed by atoms with Crippen LogP contribution in [0.15, 0.2) is 36.5 Å². The third-order valence-corrected chi connectivity index (χ3v) is 3.98. The van der Waals surface area contributed by atoms with Crippen molar-refractivity contribution in [1.29, 1.82) is 5.26 Å². The molecule has 0 bridgehead atoms. The molecule has 1 N–H and O–H groups in total. The number of nitrogens with zero attached hydrogens (tertiary/aromatic N) is 3. The Morgan fingerprint density at radius 2 is 2.08 bits per heavy atom. The second kappa shape index (κ2) is 6.34. The maximum atomic E-state index is 13.5. The van der Waals surface area contributed by atoms with Crippen molar-refractivity contribution in [2.75, 3.05) is 6.54 Å². The van der Waals surface area contributed by atoms with Crippen molar-refractivity contribution >= 4 is 5.91 Å². The van der Waals surface area contributed by atoms with Gasteiger partial charge in [-0.1, -0.05) is 6.07 Å². The normalized spacial score (nSPS) is 20.0. The van der Waals surface area contributed by atoms with Crippen LogP contribution in [0.25, 0.3) is 0 Å². The molecule has 7 heteroatoms. The van der Waals surface area contributed by atoms with Crippen molar-refractivity contribution in [3.8, 4) is 6.07 Å². The van der Waals surface area contributed by atoms with Crippen LogP contribution in [0, 0.1) is 23.0 Å². The molecule has 1 fully saturated rings. The molecule has 122 valence electrons. The van der Waals surface area contributed by atoms with Gasteiger partial charge in [0.15, 0.2) is 11.6 Å². The molecule has 0 radical (unpaired) electrons. The fraction of sp³-hybridized carbons (Fsp3) is 0.235. The highest BCUT2D eigenvalue weighted by atomic mass is 19.2. The molecule has 0 unspecified atom stereocenters. The number of benzene rings is 1. The summed E-state index contributed by atoms with van der Waals surface area (Å²) in [6, 6.07) is 7.66. The van der Waals surface area contributed by atoms with Crippen LogP contribution < -0.4 is 0 Å². The Balaban J connectivity index is 1.90. The van der Waals surface area contributed by atoms with E-state index in [0.717, 1.165) is 12.1 Å². The third kappa shape index (κ3) is 2.96. The van der Waals surface area contributed by atoms with Gasteiger partial charge in [-0.2, -0.15) is 5.26 Å². The molecule has 24 heavy (non-hydrogen) atoms. The fourth-order valence-corrected chi connectivity index (χ4v) is 2.81. The number of hydrogen-bond acceptors (Lipinski definition) is 4. The number of carbonyl (C=O) groups excluding carboxylic acids is 1. The smallest absolute Gasteiger partial charge is 0.273 e. The van der Waals surface area contributed by atoms with Gasteiger partial charge in [-0.3, -0.25) is 4.79 Å². The second-order valence-corrected chi connectivity index (χ2v) is 5.58. The first-order chi connectivity index (χ1) is 11.5. The van der Waals surface area contributed by atoms with Crippen LogP contribution >= 0.6 is 0 Å². The summed E-state index contributed by atoms with van der Waals surface area (Å²) in [5, 5.41) is 18.7. The first kappa shape index (κ1) is 16.0. The Bertz CT molecular complexity index is 818. The fourth-order valence-electron chi connectivity index (χ4n) is 2.81. The number of pyridine rings is 1. The molecule has 2 heterocycles. The van der Waals surface area contributed by atoms with E-state index >= 15 is 0 Å². The quantitative estimate of drug-likeness (QED) is 0.916. The number of aliphatic hydroxyl groups is 1. The van der Waals surface area contributed by atoms with Crippen LogP contribution in [0.4, 0.5) is 8.78 Å². The molecule has 3 rings (SSSR count). The number of rotatable bonds is 2. The van der Waals surface area contributed by atoms with Gasteiger partial charge in [0.25, 0.3) is 5.91 Å². The number of halogens is 2. The highest BCUT2D eigenvalue weighted by molar-refractivity contribution is 5.93. The van der Waals surface area contributed by atoms with Gasteiger partial charge in [-0.25, -0.2) is 13.8 Å². The zero-order valence-corrected chi connectivity index (χ0v) is 12.5. The number of likely N-dealkylation sites (tertiary alicyclic amines) is 1. The van der Waals surface area contributed by atoms with Crippen molar-refractivity contribution in [1.82, 2.24) is 9.88 Å². The molecule has 1 saturated heterocycles. The van der Waals surface area contributed by atoms with E-state index in [2.05, 4.69) is 4.98 Å². The maximum absolute atomic E-state index is 13.5. The number of aliphatic hydroxyl groups excluding tert-OH is 1. The Morgan fingerprint density at radius 1 is 1.29 bits per heavy atom. The SMILES string of the molecule is N#Cc1ccc(C(=O)N2C[C@@H](O)C[C@@H]2c2ccc(F)c(F)c2)nc1.